The first-order valence-electron chi connectivity index (χ1n) is 13.0. The minimum absolute atomic E-state index is 0.155. The van der Waals surface area contributed by atoms with Crippen molar-refractivity contribution in [2.45, 2.75) is 51.5 Å². The summed E-state index contributed by atoms with van der Waals surface area (Å²) in [7, 11) is 2.22. The number of nitrogens with zero attached hydrogens (tertiary/aromatic N) is 1. The van der Waals surface area contributed by atoms with Gasteiger partial charge in [-0.25, -0.2) is 0 Å². The number of allylic oxidation sites excluding steroid dienone is 6. The van der Waals surface area contributed by atoms with Crippen molar-refractivity contribution in [3.05, 3.63) is 89.2 Å². The Hall–Kier alpha value is -2.82. The third-order valence-electron chi connectivity index (χ3n) is 7.35. The fourth-order valence-corrected chi connectivity index (χ4v) is 5.39. The van der Waals surface area contributed by atoms with Crippen molar-refractivity contribution in [3.63, 3.8) is 0 Å². The van der Waals surface area contributed by atoms with Gasteiger partial charge < -0.3 is 19.8 Å². The smallest absolute Gasteiger partial charge is 0.115 e. The highest BCUT2D eigenvalue weighted by atomic mass is 16.5. The Kier molecular flexibility index (Phi) is 8.84. The van der Waals surface area contributed by atoms with Crippen LogP contribution in [0.4, 0.5) is 0 Å². The third-order valence-corrected chi connectivity index (χ3v) is 7.35. The van der Waals surface area contributed by atoms with Gasteiger partial charge in [0.2, 0.25) is 0 Å². The Bertz CT molecular complexity index is 1050. The Morgan fingerprint density at radius 2 is 1.80 bits per heavy atom. The number of aromatic hydroxyl groups is 1. The van der Waals surface area contributed by atoms with Crippen molar-refractivity contribution in [3.8, 4) is 5.75 Å². The molecule has 2 atom stereocenters. The fourth-order valence-electron chi connectivity index (χ4n) is 5.39. The Labute approximate surface area is 210 Å². The third kappa shape index (κ3) is 6.45. The van der Waals surface area contributed by atoms with E-state index in [0.717, 1.165) is 37.2 Å². The SMILES string of the molecule is C[C@@H]1CC(OCCC2CCCN2C)=CC=C1/C(=C(/CCCO)c1ccccc1)c1ccc(O)cc1. The molecular formula is C31H39NO3. The average Bonchev–Trinajstić information content (AvgIpc) is 3.28. The molecule has 0 spiro atoms. The van der Waals surface area contributed by atoms with Crippen molar-refractivity contribution in [2.24, 2.45) is 5.92 Å². The van der Waals surface area contributed by atoms with E-state index >= 15 is 0 Å². The van der Waals surface area contributed by atoms with E-state index in [2.05, 4.69) is 55.3 Å². The van der Waals surface area contributed by atoms with Gasteiger partial charge in [0.15, 0.2) is 0 Å². The number of hydrogen-bond donors (Lipinski definition) is 2. The predicted octanol–water partition coefficient (Wildman–Crippen LogP) is 6.43. The molecule has 1 saturated heterocycles. The van der Waals surface area contributed by atoms with E-state index in [-0.39, 0.29) is 12.4 Å². The van der Waals surface area contributed by atoms with E-state index in [1.54, 1.807) is 12.1 Å². The van der Waals surface area contributed by atoms with Crippen LogP contribution in [0.5, 0.6) is 5.75 Å². The van der Waals surface area contributed by atoms with Crippen LogP contribution in [0.2, 0.25) is 0 Å². The Morgan fingerprint density at radius 1 is 1.03 bits per heavy atom. The van der Waals surface area contributed by atoms with Crippen molar-refractivity contribution >= 4 is 11.1 Å². The van der Waals surface area contributed by atoms with Crippen LogP contribution in [-0.4, -0.2) is 48.0 Å². The zero-order valence-electron chi connectivity index (χ0n) is 21.1. The molecule has 2 aromatic carbocycles. The molecule has 186 valence electrons. The summed E-state index contributed by atoms with van der Waals surface area (Å²) in [4.78, 5) is 2.45. The minimum Gasteiger partial charge on any atom is -0.508 e. The van der Waals surface area contributed by atoms with Gasteiger partial charge in [-0.1, -0.05) is 55.5 Å². The largest absolute Gasteiger partial charge is 0.508 e. The molecule has 0 bridgehead atoms. The second kappa shape index (κ2) is 12.2. The number of phenols is 1. The van der Waals surface area contributed by atoms with Gasteiger partial charge in [-0.2, -0.15) is 0 Å². The monoisotopic (exact) mass is 473 g/mol. The van der Waals surface area contributed by atoms with E-state index in [4.69, 9.17) is 4.74 Å². The molecule has 4 rings (SSSR count). The van der Waals surface area contributed by atoms with Gasteiger partial charge in [0, 0.05) is 19.1 Å². The lowest BCUT2D eigenvalue weighted by Gasteiger charge is -2.27. The first-order chi connectivity index (χ1) is 17.1. The van der Waals surface area contributed by atoms with Gasteiger partial charge in [-0.3, -0.25) is 0 Å². The average molecular weight is 474 g/mol. The van der Waals surface area contributed by atoms with Gasteiger partial charge >= 0.3 is 0 Å². The molecule has 4 nitrogen and oxygen atoms in total. The summed E-state index contributed by atoms with van der Waals surface area (Å²) in [5.41, 5.74) is 5.95. The lowest BCUT2D eigenvalue weighted by Crippen LogP contribution is -2.26. The second-order valence-corrected chi connectivity index (χ2v) is 9.87. The highest BCUT2D eigenvalue weighted by Gasteiger charge is 2.25. The summed E-state index contributed by atoms with van der Waals surface area (Å²) in [6.45, 7) is 4.38. The summed E-state index contributed by atoms with van der Waals surface area (Å²) in [5, 5.41) is 19.5. The lowest BCUT2D eigenvalue weighted by atomic mass is 9.79. The minimum atomic E-state index is 0.155. The number of rotatable bonds is 10. The molecule has 1 heterocycles. The molecule has 1 unspecified atom stereocenters. The fraction of sp³-hybridized carbons (Fsp3) is 0.419. The molecule has 1 fully saturated rings. The van der Waals surface area contributed by atoms with E-state index in [9.17, 15) is 10.2 Å². The van der Waals surface area contributed by atoms with Crippen molar-refractivity contribution in [1.82, 2.24) is 4.90 Å². The summed E-state index contributed by atoms with van der Waals surface area (Å²) in [6, 6.07) is 18.6. The maximum absolute atomic E-state index is 9.92. The standard InChI is InChI=1S/C31H39NO3/c1-23-22-28(35-21-18-26-10-6-19-32(26)2)16-17-29(23)31(25-12-14-27(34)15-13-25)30(11-7-20-33)24-8-4-3-5-9-24/h3-5,8-9,12-17,23,26,33-34H,6-7,10-11,18-22H2,1-2H3/b31-30-/t23-,26?/m1/s1. The summed E-state index contributed by atoms with van der Waals surface area (Å²) >= 11 is 0. The molecule has 4 heteroatoms. The number of hydrogen-bond acceptors (Lipinski definition) is 4. The Morgan fingerprint density at radius 3 is 2.46 bits per heavy atom. The molecule has 2 aliphatic rings. The van der Waals surface area contributed by atoms with Gasteiger partial charge in [0.1, 0.15) is 5.75 Å². The molecule has 1 aliphatic heterocycles. The lowest BCUT2D eigenvalue weighted by molar-refractivity contribution is 0.162. The van der Waals surface area contributed by atoms with Crippen LogP contribution in [0.3, 0.4) is 0 Å². The molecule has 1 aliphatic carbocycles. The van der Waals surface area contributed by atoms with E-state index in [1.807, 2.05) is 18.2 Å². The second-order valence-electron chi connectivity index (χ2n) is 9.87. The first kappa shape index (κ1) is 25.3. The number of benzene rings is 2. The number of likely N-dealkylation sites (tertiary alicyclic amines) is 1. The molecular weight excluding hydrogens is 434 g/mol. The van der Waals surface area contributed by atoms with Crippen molar-refractivity contribution in [2.75, 3.05) is 26.8 Å². The van der Waals surface area contributed by atoms with Gasteiger partial charge in [0.25, 0.3) is 0 Å². The summed E-state index contributed by atoms with van der Waals surface area (Å²) < 4.78 is 6.23. The number of phenolic OH excluding ortho intramolecular Hbond substituents is 1. The molecule has 0 amide bonds. The van der Waals surface area contributed by atoms with E-state index in [1.165, 1.54) is 41.7 Å². The van der Waals surface area contributed by atoms with Gasteiger partial charge in [-0.05, 0) is 97.7 Å². The van der Waals surface area contributed by atoms with Crippen LogP contribution in [0, 0.1) is 5.92 Å². The topological polar surface area (TPSA) is 52.9 Å². The predicted molar refractivity (Wildman–Crippen MR) is 144 cm³/mol. The van der Waals surface area contributed by atoms with Crippen LogP contribution < -0.4 is 0 Å². The number of aliphatic hydroxyl groups excluding tert-OH is 1. The zero-order chi connectivity index (χ0) is 24.6. The van der Waals surface area contributed by atoms with Gasteiger partial charge in [0.05, 0.1) is 12.4 Å². The maximum atomic E-state index is 9.92. The highest BCUT2D eigenvalue weighted by Crippen LogP contribution is 2.41. The van der Waals surface area contributed by atoms with Crippen LogP contribution >= 0.6 is 0 Å². The van der Waals surface area contributed by atoms with Crippen LogP contribution in [0.1, 0.15) is 56.6 Å². The van der Waals surface area contributed by atoms with Crippen molar-refractivity contribution in [1.29, 1.82) is 0 Å². The molecule has 0 radical (unpaired) electrons. The van der Waals surface area contributed by atoms with Crippen molar-refractivity contribution < 1.29 is 14.9 Å². The quantitative estimate of drug-likeness (QED) is 0.391. The number of ether oxygens (including phenoxy) is 1. The number of aliphatic hydroxyl groups is 1. The molecule has 2 N–H and O–H groups in total. The first-order valence-corrected chi connectivity index (χ1v) is 13.0. The van der Waals surface area contributed by atoms with E-state index in [0.29, 0.717) is 18.4 Å². The van der Waals surface area contributed by atoms with Crippen LogP contribution in [0.25, 0.3) is 11.1 Å². The Balaban J connectivity index is 1.66. The van der Waals surface area contributed by atoms with Crippen LogP contribution in [-0.2, 0) is 4.74 Å². The van der Waals surface area contributed by atoms with Crippen LogP contribution in [0.15, 0.2) is 78.1 Å². The van der Waals surface area contributed by atoms with E-state index < -0.39 is 0 Å². The van der Waals surface area contributed by atoms with Gasteiger partial charge in [-0.15, -0.1) is 0 Å². The molecule has 35 heavy (non-hydrogen) atoms. The maximum Gasteiger partial charge on any atom is 0.115 e. The molecule has 2 aromatic rings. The molecule has 0 saturated carbocycles. The zero-order valence-corrected chi connectivity index (χ0v) is 21.1. The summed E-state index contributed by atoms with van der Waals surface area (Å²) in [6.07, 6.45) is 10.4. The summed E-state index contributed by atoms with van der Waals surface area (Å²) in [5.74, 6) is 1.61. The highest BCUT2D eigenvalue weighted by molar-refractivity contribution is 5.99. The molecule has 0 aromatic heterocycles. The normalized spacial score (nSPS) is 21.3.